The van der Waals surface area contributed by atoms with E-state index in [1.54, 1.807) is 0 Å². The summed E-state index contributed by atoms with van der Waals surface area (Å²) in [6.45, 7) is 7.88. The van der Waals surface area contributed by atoms with Gasteiger partial charge in [-0.15, -0.1) is 0 Å². The van der Waals surface area contributed by atoms with Crippen LogP contribution < -0.4 is 5.73 Å². The number of piperidine rings is 1. The molecule has 0 amide bonds. The third kappa shape index (κ3) is 3.28. The predicted octanol–water partition coefficient (Wildman–Crippen LogP) is 1.85. The van der Waals surface area contributed by atoms with Crippen molar-refractivity contribution in [3.8, 4) is 0 Å². The third-order valence-electron chi connectivity index (χ3n) is 3.17. The Morgan fingerprint density at radius 3 is 2.85 bits per heavy atom. The zero-order valence-electron chi connectivity index (χ0n) is 9.13. The lowest BCUT2D eigenvalue weighted by Crippen LogP contribution is -2.42. The Labute approximate surface area is 82.5 Å². The standard InChI is InChI=1S/C11H24N2/c1-3-11-6-4-5-7-13(11)9-10(2)8-12/h10-11H,3-9,12H2,1-2H3. The molecule has 0 aromatic rings. The number of likely N-dealkylation sites (tertiary alicyclic amines) is 1. The zero-order valence-corrected chi connectivity index (χ0v) is 9.13. The molecule has 2 N–H and O–H groups in total. The summed E-state index contributed by atoms with van der Waals surface area (Å²) in [6, 6.07) is 0.836. The fourth-order valence-electron chi connectivity index (χ4n) is 2.24. The summed E-state index contributed by atoms with van der Waals surface area (Å²) in [5.74, 6) is 0.659. The maximum absolute atomic E-state index is 5.65. The average molecular weight is 184 g/mol. The van der Waals surface area contributed by atoms with E-state index in [4.69, 9.17) is 5.73 Å². The van der Waals surface area contributed by atoms with Gasteiger partial charge in [-0.2, -0.15) is 0 Å². The molecule has 1 aliphatic rings. The first kappa shape index (κ1) is 11.0. The van der Waals surface area contributed by atoms with Crippen LogP contribution in [0.5, 0.6) is 0 Å². The molecule has 0 aliphatic carbocycles. The monoisotopic (exact) mass is 184 g/mol. The maximum Gasteiger partial charge on any atom is 0.00927 e. The number of hydrogen-bond donors (Lipinski definition) is 1. The van der Waals surface area contributed by atoms with E-state index in [2.05, 4.69) is 18.7 Å². The lowest BCUT2D eigenvalue weighted by Gasteiger charge is -2.36. The van der Waals surface area contributed by atoms with E-state index < -0.39 is 0 Å². The topological polar surface area (TPSA) is 29.3 Å². The van der Waals surface area contributed by atoms with Crippen molar-refractivity contribution in [2.45, 2.75) is 45.6 Å². The summed E-state index contributed by atoms with van der Waals surface area (Å²) in [7, 11) is 0. The Morgan fingerprint density at radius 1 is 1.46 bits per heavy atom. The molecule has 13 heavy (non-hydrogen) atoms. The van der Waals surface area contributed by atoms with Gasteiger partial charge in [0.05, 0.1) is 0 Å². The van der Waals surface area contributed by atoms with E-state index >= 15 is 0 Å². The van der Waals surface area contributed by atoms with Crippen LogP contribution in [0.4, 0.5) is 0 Å². The molecule has 0 aromatic heterocycles. The van der Waals surface area contributed by atoms with E-state index in [1.165, 1.54) is 38.8 Å². The molecule has 1 rings (SSSR count). The van der Waals surface area contributed by atoms with E-state index in [-0.39, 0.29) is 0 Å². The van der Waals surface area contributed by atoms with Crippen molar-refractivity contribution in [3.05, 3.63) is 0 Å². The van der Waals surface area contributed by atoms with Crippen LogP contribution in [0.3, 0.4) is 0 Å². The van der Waals surface area contributed by atoms with Crippen LogP contribution in [0, 0.1) is 5.92 Å². The van der Waals surface area contributed by atoms with Crippen LogP contribution in [-0.4, -0.2) is 30.6 Å². The van der Waals surface area contributed by atoms with Crippen molar-refractivity contribution >= 4 is 0 Å². The highest BCUT2D eigenvalue weighted by molar-refractivity contribution is 4.77. The van der Waals surface area contributed by atoms with Crippen LogP contribution in [0.2, 0.25) is 0 Å². The van der Waals surface area contributed by atoms with E-state index in [9.17, 15) is 0 Å². The maximum atomic E-state index is 5.65. The van der Waals surface area contributed by atoms with Crippen LogP contribution in [0.15, 0.2) is 0 Å². The molecule has 2 heteroatoms. The van der Waals surface area contributed by atoms with Crippen molar-refractivity contribution < 1.29 is 0 Å². The highest BCUT2D eigenvalue weighted by Crippen LogP contribution is 2.20. The Kier molecular flexibility index (Phi) is 4.74. The van der Waals surface area contributed by atoms with Crippen molar-refractivity contribution in [1.29, 1.82) is 0 Å². The number of nitrogens with zero attached hydrogens (tertiary/aromatic N) is 1. The third-order valence-corrected chi connectivity index (χ3v) is 3.17. The normalized spacial score (nSPS) is 27.5. The second-order valence-corrected chi connectivity index (χ2v) is 4.39. The van der Waals surface area contributed by atoms with Gasteiger partial charge in [0.1, 0.15) is 0 Å². The van der Waals surface area contributed by atoms with Gasteiger partial charge in [-0.1, -0.05) is 20.3 Å². The molecule has 2 atom stereocenters. The zero-order chi connectivity index (χ0) is 9.68. The van der Waals surface area contributed by atoms with Crippen LogP contribution in [0.25, 0.3) is 0 Å². The highest BCUT2D eigenvalue weighted by atomic mass is 15.2. The van der Waals surface area contributed by atoms with Crippen molar-refractivity contribution in [1.82, 2.24) is 4.90 Å². The van der Waals surface area contributed by atoms with E-state index in [0.717, 1.165) is 12.6 Å². The number of hydrogen-bond acceptors (Lipinski definition) is 2. The van der Waals surface area contributed by atoms with Gasteiger partial charge >= 0.3 is 0 Å². The van der Waals surface area contributed by atoms with E-state index in [0.29, 0.717) is 5.92 Å². The second-order valence-electron chi connectivity index (χ2n) is 4.39. The van der Waals surface area contributed by atoms with Gasteiger partial charge in [-0.25, -0.2) is 0 Å². The molecule has 1 saturated heterocycles. The summed E-state index contributed by atoms with van der Waals surface area (Å²) in [5.41, 5.74) is 5.65. The Balaban J connectivity index is 2.35. The minimum atomic E-state index is 0.659. The molecule has 0 aromatic carbocycles. The minimum Gasteiger partial charge on any atom is -0.330 e. The summed E-state index contributed by atoms with van der Waals surface area (Å²) in [5, 5.41) is 0. The molecule has 2 unspecified atom stereocenters. The molecule has 0 radical (unpaired) electrons. The van der Waals surface area contributed by atoms with Crippen LogP contribution in [-0.2, 0) is 0 Å². The van der Waals surface area contributed by atoms with Crippen molar-refractivity contribution in [2.75, 3.05) is 19.6 Å². The summed E-state index contributed by atoms with van der Waals surface area (Å²) < 4.78 is 0. The molecule has 1 heterocycles. The SMILES string of the molecule is CCC1CCCCN1CC(C)CN. The largest absolute Gasteiger partial charge is 0.330 e. The van der Waals surface area contributed by atoms with Gasteiger partial charge in [-0.3, -0.25) is 0 Å². The predicted molar refractivity (Wildman–Crippen MR) is 57.7 cm³/mol. The Bertz CT molecular complexity index is 136. The van der Waals surface area contributed by atoms with Gasteiger partial charge in [0.2, 0.25) is 0 Å². The molecular weight excluding hydrogens is 160 g/mol. The molecule has 1 aliphatic heterocycles. The van der Waals surface area contributed by atoms with Gasteiger partial charge in [0.25, 0.3) is 0 Å². The Hall–Kier alpha value is -0.0800. The van der Waals surface area contributed by atoms with Crippen LogP contribution >= 0.6 is 0 Å². The number of rotatable bonds is 4. The first-order valence-corrected chi connectivity index (χ1v) is 5.72. The van der Waals surface area contributed by atoms with E-state index in [1.807, 2.05) is 0 Å². The fourth-order valence-corrected chi connectivity index (χ4v) is 2.24. The first-order chi connectivity index (χ1) is 6.27. The highest BCUT2D eigenvalue weighted by Gasteiger charge is 2.21. The summed E-state index contributed by atoms with van der Waals surface area (Å²) in [4.78, 5) is 2.64. The molecule has 2 nitrogen and oxygen atoms in total. The molecule has 0 saturated carbocycles. The van der Waals surface area contributed by atoms with Crippen LogP contribution in [0.1, 0.15) is 39.5 Å². The smallest absolute Gasteiger partial charge is 0.00927 e. The van der Waals surface area contributed by atoms with Gasteiger partial charge < -0.3 is 10.6 Å². The lowest BCUT2D eigenvalue weighted by molar-refractivity contribution is 0.126. The Morgan fingerprint density at radius 2 is 2.23 bits per heavy atom. The van der Waals surface area contributed by atoms with Crippen molar-refractivity contribution in [3.63, 3.8) is 0 Å². The average Bonchev–Trinajstić information content (AvgIpc) is 2.18. The summed E-state index contributed by atoms with van der Waals surface area (Å²) in [6.07, 6.45) is 5.50. The molecule has 78 valence electrons. The molecule has 1 fully saturated rings. The van der Waals surface area contributed by atoms with Gasteiger partial charge in [-0.05, 0) is 38.3 Å². The van der Waals surface area contributed by atoms with Gasteiger partial charge in [0, 0.05) is 12.6 Å². The molecule has 0 spiro atoms. The lowest BCUT2D eigenvalue weighted by atomic mass is 9.98. The minimum absolute atomic E-state index is 0.659. The van der Waals surface area contributed by atoms with Crippen molar-refractivity contribution in [2.24, 2.45) is 11.7 Å². The summed E-state index contributed by atoms with van der Waals surface area (Å²) >= 11 is 0. The first-order valence-electron chi connectivity index (χ1n) is 5.72. The molecule has 0 bridgehead atoms. The number of nitrogens with two attached hydrogens (primary N) is 1. The molecular formula is C11H24N2. The fraction of sp³-hybridized carbons (Fsp3) is 1.00. The quantitative estimate of drug-likeness (QED) is 0.722. The van der Waals surface area contributed by atoms with Gasteiger partial charge in [0.15, 0.2) is 0 Å². The second kappa shape index (κ2) is 5.61.